The van der Waals surface area contributed by atoms with E-state index in [4.69, 9.17) is 0 Å². The van der Waals surface area contributed by atoms with Crippen molar-refractivity contribution in [2.24, 2.45) is 7.05 Å². The van der Waals surface area contributed by atoms with Crippen LogP contribution >= 0.6 is 0 Å². The first-order valence-corrected chi connectivity index (χ1v) is 4.23. The Morgan fingerprint density at radius 1 is 1.33 bits per heavy atom. The third-order valence-corrected chi connectivity index (χ3v) is 2.20. The summed E-state index contributed by atoms with van der Waals surface area (Å²) in [6.45, 7) is 2.13. The lowest BCUT2D eigenvalue weighted by Gasteiger charge is -1.96. The van der Waals surface area contributed by atoms with Gasteiger partial charge in [-0.25, -0.2) is 4.98 Å². The van der Waals surface area contributed by atoms with E-state index in [9.17, 15) is 0 Å². The summed E-state index contributed by atoms with van der Waals surface area (Å²) in [6, 6.07) is 8.22. The Kier molecular flexibility index (Phi) is 1.61. The fraction of sp³-hybridized carbons (Fsp3) is 0.300. The van der Waals surface area contributed by atoms with Crippen molar-refractivity contribution in [2.45, 2.75) is 13.3 Å². The largest absolute Gasteiger partial charge is 0.331 e. The first-order valence-electron chi connectivity index (χ1n) is 4.23. The predicted octanol–water partition coefficient (Wildman–Crippen LogP) is 2.14. The molecule has 0 fully saturated rings. The molecule has 0 aliphatic heterocycles. The molecule has 2 aromatic rings. The van der Waals surface area contributed by atoms with E-state index >= 15 is 0 Å². The lowest BCUT2D eigenvalue weighted by atomic mass is 10.3. The molecule has 12 heavy (non-hydrogen) atoms. The SMILES string of the molecule is CCc1nc2ccccc2n1C. The maximum Gasteiger partial charge on any atom is 0.109 e. The minimum absolute atomic E-state index is 0.991. The fourth-order valence-electron chi connectivity index (χ4n) is 1.51. The van der Waals surface area contributed by atoms with E-state index in [1.165, 1.54) is 5.52 Å². The Morgan fingerprint density at radius 2 is 2.08 bits per heavy atom. The molecule has 2 heteroatoms. The van der Waals surface area contributed by atoms with Crippen molar-refractivity contribution in [3.8, 4) is 0 Å². The first-order chi connectivity index (χ1) is 5.83. The molecule has 0 N–H and O–H groups in total. The minimum atomic E-state index is 0.991. The lowest BCUT2D eigenvalue weighted by Crippen LogP contribution is -1.94. The summed E-state index contributed by atoms with van der Waals surface area (Å²) in [7, 11) is 2.06. The van der Waals surface area contributed by atoms with Gasteiger partial charge in [0, 0.05) is 13.5 Å². The Morgan fingerprint density at radius 3 is 2.75 bits per heavy atom. The molecule has 0 aliphatic rings. The van der Waals surface area contributed by atoms with Gasteiger partial charge in [-0.05, 0) is 12.1 Å². The molecule has 0 aliphatic carbocycles. The van der Waals surface area contributed by atoms with Gasteiger partial charge in [0.05, 0.1) is 11.0 Å². The van der Waals surface area contributed by atoms with Crippen LogP contribution < -0.4 is 0 Å². The summed E-state index contributed by atoms with van der Waals surface area (Å²) in [5.74, 6) is 1.15. The van der Waals surface area contributed by atoms with Gasteiger partial charge in [-0.3, -0.25) is 0 Å². The summed E-state index contributed by atoms with van der Waals surface area (Å²) < 4.78 is 2.15. The average Bonchev–Trinajstić information content (AvgIpc) is 2.44. The maximum atomic E-state index is 4.49. The van der Waals surface area contributed by atoms with Gasteiger partial charge in [-0.15, -0.1) is 0 Å². The summed E-state index contributed by atoms with van der Waals surface area (Å²) in [6.07, 6.45) is 0.991. The zero-order valence-electron chi connectivity index (χ0n) is 7.41. The average molecular weight is 160 g/mol. The third kappa shape index (κ3) is 0.916. The number of hydrogen-bond donors (Lipinski definition) is 0. The van der Waals surface area contributed by atoms with Gasteiger partial charge in [0.15, 0.2) is 0 Å². The molecule has 0 saturated heterocycles. The number of aryl methyl sites for hydroxylation is 2. The minimum Gasteiger partial charge on any atom is -0.331 e. The van der Waals surface area contributed by atoms with Crippen molar-refractivity contribution in [3.05, 3.63) is 30.1 Å². The number of rotatable bonds is 1. The summed E-state index contributed by atoms with van der Waals surface area (Å²) in [4.78, 5) is 4.49. The molecule has 1 heterocycles. The Labute approximate surface area is 71.8 Å². The molecular formula is C10H12N2. The first kappa shape index (κ1) is 7.35. The second kappa shape index (κ2) is 2.63. The van der Waals surface area contributed by atoms with Crippen molar-refractivity contribution >= 4 is 11.0 Å². The molecular weight excluding hydrogens is 148 g/mol. The third-order valence-electron chi connectivity index (χ3n) is 2.20. The highest BCUT2D eigenvalue weighted by atomic mass is 15.1. The molecule has 0 saturated carbocycles. The van der Waals surface area contributed by atoms with Gasteiger partial charge in [-0.2, -0.15) is 0 Å². The van der Waals surface area contributed by atoms with Crippen molar-refractivity contribution in [2.75, 3.05) is 0 Å². The molecule has 0 unspecified atom stereocenters. The van der Waals surface area contributed by atoms with Crippen LogP contribution in [0, 0.1) is 0 Å². The van der Waals surface area contributed by atoms with Gasteiger partial charge in [0.1, 0.15) is 5.82 Å². The standard InChI is InChI=1S/C10H12N2/c1-3-10-11-8-6-4-5-7-9(8)12(10)2/h4-7H,3H2,1-2H3. The molecule has 2 rings (SSSR count). The van der Waals surface area contributed by atoms with Gasteiger partial charge in [0.2, 0.25) is 0 Å². The van der Waals surface area contributed by atoms with Crippen molar-refractivity contribution in [3.63, 3.8) is 0 Å². The van der Waals surface area contributed by atoms with E-state index in [1.807, 2.05) is 12.1 Å². The molecule has 1 aromatic carbocycles. The van der Waals surface area contributed by atoms with Crippen LogP contribution in [0.15, 0.2) is 24.3 Å². The monoisotopic (exact) mass is 160 g/mol. The van der Waals surface area contributed by atoms with Gasteiger partial charge < -0.3 is 4.57 Å². The quantitative estimate of drug-likeness (QED) is 0.625. The lowest BCUT2D eigenvalue weighted by molar-refractivity contribution is 0.829. The van der Waals surface area contributed by atoms with E-state index in [-0.39, 0.29) is 0 Å². The smallest absolute Gasteiger partial charge is 0.109 e. The summed E-state index contributed by atoms with van der Waals surface area (Å²) in [5.41, 5.74) is 2.31. The number of nitrogens with zero attached hydrogens (tertiary/aromatic N) is 2. The van der Waals surface area contributed by atoms with E-state index in [2.05, 4.69) is 35.7 Å². The molecule has 0 bridgehead atoms. The topological polar surface area (TPSA) is 17.8 Å². The number of fused-ring (bicyclic) bond motifs is 1. The number of imidazole rings is 1. The van der Waals surface area contributed by atoms with Crippen molar-refractivity contribution in [1.29, 1.82) is 0 Å². The Hall–Kier alpha value is -1.31. The summed E-state index contributed by atoms with van der Waals surface area (Å²) in [5, 5.41) is 0. The van der Waals surface area contributed by atoms with Crippen molar-refractivity contribution in [1.82, 2.24) is 9.55 Å². The molecule has 62 valence electrons. The van der Waals surface area contributed by atoms with E-state index in [0.717, 1.165) is 17.8 Å². The summed E-state index contributed by atoms with van der Waals surface area (Å²) >= 11 is 0. The molecule has 0 amide bonds. The highest BCUT2D eigenvalue weighted by Crippen LogP contribution is 2.13. The van der Waals surface area contributed by atoms with Crippen LogP contribution in [0.2, 0.25) is 0 Å². The second-order valence-corrected chi connectivity index (χ2v) is 2.93. The van der Waals surface area contributed by atoms with E-state index in [1.54, 1.807) is 0 Å². The number of hydrogen-bond acceptors (Lipinski definition) is 1. The van der Waals surface area contributed by atoms with Crippen LogP contribution in [0.5, 0.6) is 0 Å². The van der Waals surface area contributed by atoms with Crippen LogP contribution in [-0.4, -0.2) is 9.55 Å². The molecule has 0 atom stereocenters. The van der Waals surface area contributed by atoms with Gasteiger partial charge >= 0.3 is 0 Å². The van der Waals surface area contributed by atoms with E-state index < -0.39 is 0 Å². The zero-order valence-corrected chi connectivity index (χ0v) is 7.41. The normalized spacial score (nSPS) is 10.8. The van der Waals surface area contributed by atoms with Crippen molar-refractivity contribution < 1.29 is 0 Å². The number of benzene rings is 1. The molecule has 2 nitrogen and oxygen atoms in total. The fourth-order valence-corrected chi connectivity index (χ4v) is 1.51. The van der Waals surface area contributed by atoms with Gasteiger partial charge in [0.25, 0.3) is 0 Å². The van der Waals surface area contributed by atoms with Gasteiger partial charge in [-0.1, -0.05) is 19.1 Å². The Balaban J connectivity index is 2.78. The molecule has 0 spiro atoms. The highest BCUT2D eigenvalue weighted by Gasteiger charge is 2.03. The van der Waals surface area contributed by atoms with Crippen LogP contribution in [0.4, 0.5) is 0 Å². The van der Waals surface area contributed by atoms with E-state index in [0.29, 0.717) is 0 Å². The highest BCUT2D eigenvalue weighted by molar-refractivity contribution is 5.75. The predicted molar refractivity (Wildman–Crippen MR) is 50.1 cm³/mol. The molecule has 1 aromatic heterocycles. The second-order valence-electron chi connectivity index (χ2n) is 2.93. The number of para-hydroxylation sites is 2. The number of aromatic nitrogens is 2. The van der Waals surface area contributed by atoms with Crippen LogP contribution in [0.3, 0.4) is 0 Å². The van der Waals surface area contributed by atoms with Crippen LogP contribution in [0.1, 0.15) is 12.7 Å². The Bertz CT molecular complexity index is 401. The maximum absolute atomic E-state index is 4.49. The van der Waals surface area contributed by atoms with Crippen LogP contribution in [-0.2, 0) is 13.5 Å². The van der Waals surface area contributed by atoms with Crippen LogP contribution in [0.25, 0.3) is 11.0 Å². The molecule has 0 radical (unpaired) electrons. The zero-order chi connectivity index (χ0) is 8.55.